The van der Waals surface area contributed by atoms with Crippen LogP contribution in [0.25, 0.3) is 11.1 Å². The van der Waals surface area contributed by atoms with E-state index in [0.29, 0.717) is 12.8 Å². The first-order valence-electron chi connectivity index (χ1n) is 8.73. The van der Waals surface area contributed by atoms with E-state index >= 15 is 0 Å². The highest BCUT2D eigenvalue weighted by molar-refractivity contribution is 5.67. The maximum absolute atomic E-state index is 13.7. The first kappa shape index (κ1) is 16.7. The highest BCUT2D eigenvalue weighted by Crippen LogP contribution is 2.26. The minimum absolute atomic E-state index is 0.233. The Bertz CT molecular complexity index is 710. The molecule has 1 saturated heterocycles. The highest BCUT2D eigenvalue weighted by atomic mass is 19.1. The molecule has 0 N–H and O–H groups in total. The third kappa shape index (κ3) is 4.21. The summed E-state index contributed by atoms with van der Waals surface area (Å²) in [4.78, 5) is 2.50. The van der Waals surface area contributed by atoms with Gasteiger partial charge in [-0.2, -0.15) is 5.26 Å². The smallest absolute Gasteiger partial charge is 0.123 e. The van der Waals surface area contributed by atoms with E-state index in [1.54, 1.807) is 12.1 Å². The van der Waals surface area contributed by atoms with Crippen molar-refractivity contribution in [3.63, 3.8) is 0 Å². The maximum atomic E-state index is 13.7. The molecule has 0 radical (unpaired) electrons. The predicted molar refractivity (Wildman–Crippen MR) is 94.9 cm³/mol. The van der Waals surface area contributed by atoms with E-state index in [2.05, 4.69) is 35.2 Å². The van der Waals surface area contributed by atoms with Crippen LogP contribution in [0, 0.1) is 17.1 Å². The topological polar surface area (TPSA) is 27.0 Å². The van der Waals surface area contributed by atoms with Gasteiger partial charge in [-0.1, -0.05) is 36.8 Å². The van der Waals surface area contributed by atoms with Crippen molar-refractivity contribution < 1.29 is 4.39 Å². The molecule has 124 valence electrons. The van der Waals surface area contributed by atoms with Crippen LogP contribution in [0.1, 0.15) is 36.8 Å². The van der Waals surface area contributed by atoms with Crippen LogP contribution in [0.4, 0.5) is 4.39 Å². The molecule has 0 amide bonds. The second-order valence-corrected chi connectivity index (χ2v) is 6.49. The highest BCUT2D eigenvalue weighted by Gasteiger charge is 2.11. The van der Waals surface area contributed by atoms with Gasteiger partial charge in [0, 0.05) is 13.0 Å². The van der Waals surface area contributed by atoms with Crippen molar-refractivity contribution >= 4 is 0 Å². The van der Waals surface area contributed by atoms with Crippen LogP contribution in [0.2, 0.25) is 0 Å². The van der Waals surface area contributed by atoms with Crippen LogP contribution < -0.4 is 0 Å². The molecular weight excluding hydrogens is 299 g/mol. The third-order valence-electron chi connectivity index (χ3n) is 4.70. The fourth-order valence-corrected chi connectivity index (χ4v) is 3.39. The molecule has 24 heavy (non-hydrogen) atoms. The van der Waals surface area contributed by atoms with Crippen molar-refractivity contribution in [3.8, 4) is 17.2 Å². The van der Waals surface area contributed by atoms with Gasteiger partial charge in [-0.15, -0.1) is 0 Å². The Balaban J connectivity index is 1.77. The van der Waals surface area contributed by atoms with Crippen LogP contribution in [0.3, 0.4) is 0 Å². The lowest BCUT2D eigenvalue weighted by Gasteiger charge is -2.26. The Morgan fingerprint density at radius 1 is 1.00 bits per heavy atom. The summed E-state index contributed by atoms with van der Waals surface area (Å²) >= 11 is 0. The summed E-state index contributed by atoms with van der Waals surface area (Å²) in [5, 5.41) is 8.81. The van der Waals surface area contributed by atoms with Gasteiger partial charge >= 0.3 is 0 Å². The summed E-state index contributed by atoms with van der Waals surface area (Å²) in [6.07, 6.45) is 5.04. The molecule has 2 aromatic carbocycles. The van der Waals surface area contributed by atoms with E-state index in [1.807, 2.05) is 0 Å². The van der Waals surface area contributed by atoms with Crippen LogP contribution in [-0.4, -0.2) is 18.0 Å². The van der Waals surface area contributed by atoms with Gasteiger partial charge in [-0.3, -0.25) is 4.90 Å². The molecule has 1 aliphatic rings. The third-order valence-corrected chi connectivity index (χ3v) is 4.70. The van der Waals surface area contributed by atoms with E-state index in [9.17, 15) is 4.39 Å². The van der Waals surface area contributed by atoms with Crippen molar-refractivity contribution in [3.05, 3.63) is 59.4 Å². The normalized spacial score (nSPS) is 15.2. The van der Waals surface area contributed by atoms with Gasteiger partial charge in [-0.25, -0.2) is 4.39 Å². The first-order valence-corrected chi connectivity index (χ1v) is 8.73. The Morgan fingerprint density at radius 2 is 1.75 bits per heavy atom. The molecule has 0 spiro atoms. The minimum Gasteiger partial charge on any atom is -0.299 e. The van der Waals surface area contributed by atoms with Crippen LogP contribution in [-0.2, 0) is 13.0 Å². The Labute approximate surface area is 143 Å². The number of hydrogen-bond donors (Lipinski definition) is 0. The number of piperidine rings is 1. The number of aryl methyl sites for hydroxylation is 1. The summed E-state index contributed by atoms with van der Waals surface area (Å²) in [5.74, 6) is -0.233. The molecule has 0 aromatic heterocycles. The fourth-order valence-electron chi connectivity index (χ4n) is 3.39. The molecule has 2 nitrogen and oxygen atoms in total. The summed E-state index contributed by atoms with van der Waals surface area (Å²) in [5.41, 5.74) is 4.25. The molecule has 2 aromatic rings. The molecule has 0 unspecified atom stereocenters. The van der Waals surface area contributed by atoms with E-state index < -0.39 is 0 Å². The molecule has 3 heteroatoms. The number of likely N-dealkylation sites (tertiary alicyclic amines) is 1. The minimum atomic E-state index is -0.233. The number of benzene rings is 2. The molecule has 0 bridgehead atoms. The van der Waals surface area contributed by atoms with Gasteiger partial charge in [-0.05, 0) is 66.7 Å². The molecule has 0 saturated carbocycles. The lowest BCUT2D eigenvalue weighted by Crippen LogP contribution is -2.28. The summed E-state index contributed by atoms with van der Waals surface area (Å²) < 4.78 is 13.7. The predicted octanol–water partition coefficient (Wildman–Crippen LogP) is 4.93. The average molecular weight is 322 g/mol. The van der Waals surface area contributed by atoms with E-state index in [-0.39, 0.29) is 5.82 Å². The lowest BCUT2D eigenvalue weighted by molar-refractivity contribution is 0.221. The number of rotatable bonds is 5. The van der Waals surface area contributed by atoms with E-state index in [1.165, 1.54) is 44.0 Å². The Kier molecular flexibility index (Phi) is 5.61. The number of hydrogen-bond acceptors (Lipinski definition) is 2. The molecule has 1 aliphatic heterocycles. The van der Waals surface area contributed by atoms with Gasteiger partial charge in [0.1, 0.15) is 5.82 Å². The van der Waals surface area contributed by atoms with Gasteiger partial charge in [0.15, 0.2) is 0 Å². The van der Waals surface area contributed by atoms with Crippen molar-refractivity contribution in [2.75, 3.05) is 13.1 Å². The quantitative estimate of drug-likeness (QED) is 0.780. The average Bonchev–Trinajstić information content (AvgIpc) is 2.62. The van der Waals surface area contributed by atoms with Crippen molar-refractivity contribution in [2.24, 2.45) is 0 Å². The monoisotopic (exact) mass is 322 g/mol. The lowest BCUT2D eigenvalue weighted by atomic mass is 9.96. The van der Waals surface area contributed by atoms with Gasteiger partial charge in [0.25, 0.3) is 0 Å². The first-order chi connectivity index (χ1) is 11.8. The summed E-state index contributed by atoms with van der Waals surface area (Å²) in [6.45, 7) is 3.36. The SMILES string of the molecule is N#CCCc1ccc(F)cc1-c1ccc(CN2CCCCC2)cc1. The number of nitriles is 1. The zero-order chi connectivity index (χ0) is 16.8. The van der Waals surface area contributed by atoms with Crippen LogP contribution in [0.15, 0.2) is 42.5 Å². The zero-order valence-corrected chi connectivity index (χ0v) is 14.0. The van der Waals surface area contributed by atoms with Crippen molar-refractivity contribution in [2.45, 2.75) is 38.6 Å². The molecular formula is C21H23FN2. The zero-order valence-electron chi connectivity index (χ0n) is 14.0. The Morgan fingerprint density at radius 3 is 2.46 bits per heavy atom. The number of nitrogens with zero attached hydrogens (tertiary/aromatic N) is 2. The van der Waals surface area contributed by atoms with Crippen LogP contribution in [0.5, 0.6) is 0 Å². The Hall–Kier alpha value is -2.18. The van der Waals surface area contributed by atoms with Gasteiger partial charge < -0.3 is 0 Å². The van der Waals surface area contributed by atoms with Gasteiger partial charge in [0.05, 0.1) is 6.07 Å². The summed E-state index contributed by atoms with van der Waals surface area (Å²) in [7, 11) is 0. The largest absolute Gasteiger partial charge is 0.299 e. The van der Waals surface area contributed by atoms with Crippen molar-refractivity contribution in [1.29, 1.82) is 5.26 Å². The fraction of sp³-hybridized carbons (Fsp3) is 0.381. The van der Waals surface area contributed by atoms with Crippen LogP contribution >= 0.6 is 0 Å². The standard InChI is InChI=1S/C21H23FN2/c22-20-11-10-18(5-4-12-23)21(15-20)19-8-6-17(7-9-19)16-24-13-2-1-3-14-24/h6-11,15H,1-5,13-14,16H2. The second-order valence-electron chi connectivity index (χ2n) is 6.49. The summed E-state index contributed by atoms with van der Waals surface area (Å²) in [6, 6.07) is 15.4. The van der Waals surface area contributed by atoms with E-state index in [0.717, 1.165) is 23.2 Å². The molecule has 0 atom stereocenters. The molecule has 1 fully saturated rings. The molecule has 1 heterocycles. The van der Waals surface area contributed by atoms with E-state index in [4.69, 9.17) is 5.26 Å². The number of halogens is 1. The molecule has 3 rings (SSSR count). The molecule has 0 aliphatic carbocycles. The second kappa shape index (κ2) is 8.08. The van der Waals surface area contributed by atoms with Crippen molar-refractivity contribution in [1.82, 2.24) is 4.90 Å². The van der Waals surface area contributed by atoms with Gasteiger partial charge in [0.2, 0.25) is 0 Å². The maximum Gasteiger partial charge on any atom is 0.123 e.